The lowest BCUT2D eigenvalue weighted by molar-refractivity contribution is 0.0513. The summed E-state index contributed by atoms with van der Waals surface area (Å²) in [5, 5.41) is 9.72. The zero-order valence-electron chi connectivity index (χ0n) is 13.0. The first-order valence-corrected chi connectivity index (χ1v) is 8.65. The maximum Gasteiger partial charge on any atom is 0.169 e. The summed E-state index contributed by atoms with van der Waals surface area (Å²) in [6.07, 6.45) is 7.64. The Morgan fingerprint density at radius 1 is 1.18 bits per heavy atom. The lowest BCUT2D eigenvalue weighted by atomic mass is 9.70. The van der Waals surface area contributed by atoms with Gasteiger partial charge >= 0.3 is 0 Å². The first kappa shape index (κ1) is 14.3. The van der Waals surface area contributed by atoms with Crippen molar-refractivity contribution in [2.24, 2.45) is 11.3 Å². The maximum atomic E-state index is 12.9. The van der Waals surface area contributed by atoms with Gasteiger partial charge in [0.1, 0.15) is 5.75 Å². The summed E-state index contributed by atoms with van der Waals surface area (Å²) in [6, 6.07) is 6.04. The van der Waals surface area contributed by atoms with Crippen molar-refractivity contribution in [3.8, 4) is 5.75 Å². The number of benzene rings is 1. The zero-order chi connectivity index (χ0) is 15.2. The molecule has 3 nitrogen and oxygen atoms in total. The topological polar surface area (TPSA) is 46.5 Å². The second-order valence-electron chi connectivity index (χ2n) is 7.44. The Labute approximate surface area is 131 Å². The smallest absolute Gasteiger partial charge is 0.169 e. The van der Waals surface area contributed by atoms with Gasteiger partial charge in [-0.15, -0.1) is 0 Å². The van der Waals surface area contributed by atoms with Crippen molar-refractivity contribution in [2.75, 3.05) is 6.61 Å². The van der Waals surface area contributed by atoms with Crippen LogP contribution in [0.1, 0.15) is 60.9 Å². The largest absolute Gasteiger partial charge is 0.493 e. The van der Waals surface area contributed by atoms with Crippen LogP contribution in [-0.4, -0.2) is 23.6 Å². The van der Waals surface area contributed by atoms with Crippen molar-refractivity contribution >= 4 is 5.78 Å². The number of fused-ring (bicyclic) bond motifs is 1. The molecule has 1 aromatic rings. The van der Waals surface area contributed by atoms with E-state index in [0.717, 1.165) is 55.6 Å². The predicted octanol–water partition coefficient (Wildman–Crippen LogP) is 3.53. The average molecular weight is 300 g/mol. The van der Waals surface area contributed by atoms with Crippen LogP contribution >= 0.6 is 0 Å². The van der Waals surface area contributed by atoms with Gasteiger partial charge in [-0.2, -0.15) is 0 Å². The Morgan fingerprint density at radius 2 is 1.95 bits per heavy atom. The lowest BCUT2D eigenvalue weighted by Crippen LogP contribution is -2.34. The van der Waals surface area contributed by atoms with E-state index in [4.69, 9.17) is 4.74 Å². The van der Waals surface area contributed by atoms with Crippen LogP contribution in [0.25, 0.3) is 0 Å². The molecule has 0 unspecified atom stereocenters. The van der Waals surface area contributed by atoms with Crippen molar-refractivity contribution < 1.29 is 14.6 Å². The third-order valence-electron chi connectivity index (χ3n) is 5.96. The molecule has 3 aliphatic carbocycles. The van der Waals surface area contributed by atoms with Crippen molar-refractivity contribution in [1.29, 1.82) is 0 Å². The van der Waals surface area contributed by atoms with Crippen LogP contribution in [0.4, 0.5) is 0 Å². The number of Topliss-reactive ketones (excluding diaryl/α,β-unsaturated/α-hetero) is 1. The molecular formula is C19H24O3. The van der Waals surface area contributed by atoms with Crippen LogP contribution in [0, 0.1) is 11.3 Å². The molecule has 0 radical (unpaired) electrons. The molecule has 4 rings (SSSR count). The zero-order valence-corrected chi connectivity index (χ0v) is 13.0. The van der Waals surface area contributed by atoms with Crippen LogP contribution in [0.5, 0.6) is 5.75 Å². The van der Waals surface area contributed by atoms with Crippen LogP contribution < -0.4 is 4.74 Å². The van der Waals surface area contributed by atoms with E-state index in [1.165, 1.54) is 19.3 Å². The molecule has 1 N–H and O–H groups in total. The number of aliphatic hydroxyl groups excluding tert-OH is 1. The SMILES string of the molecule is O=C1c2cc(OCC3CCC3)ccc2CC12CCC(O)CC2. The molecule has 0 aromatic heterocycles. The Kier molecular flexibility index (Phi) is 3.48. The standard InChI is InChI=1S/C19H24O3/c20-15-6-8-19(9-7-15)11-14-4-5-16(10-17(14)18(19)21)22-12-13-2-1-3-13/h4-5,10,13,15,20H,1-3,6-9,11-12H2. The van der Waals surface area contributed by atoms with E-state index in [0.29, 0.717) is 5.92 Å². The molecule has 3 heteroatoms. The molecule has 0 bridgehead atoms. The number of hydrogen-bond donors (Lipinski definition) is 1. The predicted molar refractivity (Wildman–Crippen MR) is 84.2 cm³/mol. The Balaban J connectivity index is 1.50. The highest BCUT2D eigenvalue weighted by Crippen LogP contribution is 2.47. The van der Waals surface area contributed by atoms with Gasteiger partial charge in [-0.05, 0) is 68.6 Å². The molecule has 0 heterocycles. The molecule has 2 fully saturated rings. The van der Waals surface area contributed by atoms with Gasteiger partial charge in [0, 0.05) is 11.0 Å². The van der Waals surface area contributed by atoms with Gasteiger partial charge in [-0.3, -0.25) is 4.79 Å². The molecule has 2 saturated carbocycles. The van der Waals surface area contributed by atoms with Crippen molar-refractivity contribution in [2.45, 2.75) is 57.5 Å². The van der Waals surface area contributed by atoms with E-state index in [2.05, 4.69) is 6.07 Å². The van der Waals surface area contributed by atoms with Crippen LogP contribution in [0.3, 0.4) is 0 Å². The molecule has 1 spiro atoms. The fraction of sp³-hybridized carbons (Fsp3) is 0.632. The molecule has 1 aromatic carbocycles. The van der Waals surface area contributed by atoms with Gasteiger partial charge in [-0.1, -0.05) is 12.5 Å². The second-order valence-corrected chi connectivity index (χ2v) is 7.44. The molecule has 118 valence electrons. The van der Waals surface area contributed by atoms with E-state index in [9.17, 15) is 9.90 Å². The van der Waals surface area contributed by atoms with Crippen LogP contribution in [0.15, 0.2) is 18.2 Å². The summed E-state index contributed by atoms with van der Waals surface area (Å²) in [4.78, 5) is 12.9. The fourth-order valence-corrected chi connectivity index (χ4v) is 4.17. The summed E-state index contributed by atoms with van der Waals surface area (Å²) in [5.41, 5.74) is 1.79. The normalized spacial score (nSPS) is 31.1. The molecule has 22 heavy (non-hydrogen) atoms. The van der Waals surface area contributed by atoms with Gasteiger partial charge in [0.05, 0.1) is 12.7 Å². The monoisotopic (exact) mass is 300 g/mol. The van der Waals surface area contributed by atoms with Gasteiger partial charge in [0.2, 0.25) is 0 Å². The van der Waals surface area contributed by atoms with E-state index in [-0.39, 0.29) is 17.3 Å². The van der Waals surface area contributed by atoms with Crippen molar-refractivity contribution in [3.63, 3.8) is 0 Å². The third-order valence-corrected chi connectivity index (χ3v) is 5.96. The highest BCUT2D eigenvalue weighted by Gasteiger charge is 2.47. The number of hydrogen-bond acceptors (Lipinski definition) is 3. The number of ether oxygens (including phenoxy) is 1. The molecule has 0 aliphatic heterocycles. The Morgan fingerprint density at radius 3 is 2.64 bits per heavy atom. The molecule has 3 aliphatic rings. The summed E-state index contributed by atoms with van der Waals surface area (Å²) in [6.45, 7) is 0.782. The van der Waals surface area contributed by atoms with Crippen LogP contribution in [0.2, 0.25) is 0 Å². The Hall–Kier alpha value is -1.35. The fourth-order valence-electron chi connectivity index (χ4n) is 4.17. The van der Waals surface area contributed by atoms with Gasteiger partial charge in [0.25, 0.3) is 0 Å². The number of ketones is 1. The van der Waals surface area contributed by atoms with Gasteiger partial charge in [-0.25, -0.2) is 0 Å². The number of carbonyl (C=O) groups is 1. The summed E-state index contributed by atoms with van der Waals surface area (Å²) in [5.74, 6) is 1.82. The molecule has 0 amide bonds. The minimum atomic E-state index is -0.242. The van der Waals surface area contributed by atoms with Crippen molar-refractivity contribution in [1.82, 2.24) is 0 Å². The van der Waals surface area contributed by atoms with E-state index in [1.807, 2.05) is 12.1 Å². The van der Waals surface area contributed by atoms with E-state index < -0.39 is 0 Å². The van der Waals surface area contributed by atoms with Crippen LogP contribution in [-0.2, 0) is 6.42 Å². The molecule has 0 atom stereocenters. The molecule has 0 saturated heterocycles. The van der Waals surface area contributed by atoms with E-state index >= 15 is 0 Å². The minimum Gasteiger partial charge on any atom is -0.493 e. The second kappa shape index (κ2) is 5.38. The minimum absolute atomic E-state index is 0.219. The maximum absolute atomic E-state index is 12.9. The average Bonchev–Trinajstić information content (AvgIpc) is 2.74. The number of carbonyl (C=O) groups excluding carboxylic acids is 1. The number of rotatable bonds is 3. The highest BCUT2D eigenvalue weighted by molar-refractivity contribution is 6.05. The molecular weight excluding hydrogens is 276 g/mol. The number of aliphatic hydroxyl groups is 1. The first-order valence-electron chi connectivity index (χ1n) is 8.65. The lowest BCUT2D eigenvalue weighted by Gasteiger charge is -2.33. The first-order chi connectivity index (χ1) is 10.7. The summed E-state index contributed by atoms with van der Waals surface area (Å²) < 4.78 is 5.88. The summed E-state index contributed by atoms with van der Waals surface area (Å²) in [7, 11) is 0. The third kappa shape index (κ3) is 2.36. The summed E-state index contributed by atoms with van der Waals surface area (Å²) >= 11 is 0. The van der Waals surface area contributed by atoms with Gasteiger partial charge in [0.15, 0.2) is 5.78 Å². The Bertz CT molecular complexity index is 580. The quantitative estimate of drug-likeness (QED) is 0.929. The van der Waals surface area contributed by atoms with E-state index in [1.54, 1.807) is 0 Å². The van der Waals surface area contributed by atoms with Crippen molar-refractivity contribution in [3.05, 3.63) is 29.3 Å². The highest BCUT2D eigenvalue weighted by atomic mass is 16.5. The van der Waals surface area contributed by atoms with Gasteiger partial charge < -0.3 is 9.84 Å².